The standard InChI is InChI=1S/C10H8FNO2/c11-10-6-12-9(3-1-2-4-13)5-8(10)7-14/h1,3-7H,2H2. The van der Waals surface area contributed by atoms with Crippen molar-refractivity contribution < 1.29 is 14.0 Å². The zero-order chi connectivity index (χ0) is 10.4. The number of aromatic nitrogens is 1. The molecule has 0 aliphatic heterocycles. The molecule has 0 amide bonds. The Kier molecular flexibility index (Phi) is 3.67. The number of carbonyl (C=O) groups excluding carboxylic acids is 2. The summed E-state index contributed by atoms with van der Waals surface area (Å²) in [6, 6.07) is 1.32. The molecule has 0 fully saturated rings. The first-order valence-corrected chi connectivity index (χ1v) is 3.99. The fourth-order valence-electron chi connectivity index (χ4n) is 0.897. The van der Waals surface area contributed by atoms with Crippen LogP contribution in [0.25, 0.3) is 6.08 Å². The lowest BCUT2D eigenvalue weighted by Crippen LogP contribution is -1.91. The van der Waals surface area contributed by atoms with Crippen LogP contribution in [0, 0.1) is 5.82 Å². The van der Waals surface area contributed by atoms with E-state index in [0.29, 0.717) is 12.0 Å². The summed E-state index contributed by atoms with van der Waals surface area (Å²) in [7, 11) is 0. The number of nitrogens with zero attached hydrogens (tertiary/aromatic N) is 1. The van der Waals surface area contributed by atoms with Crippen LogP contribution in [0.1, 0.15) is 22.5 Å². The van der Waals surface area contributed by atoms with Gasteiger partial charge >= 0.3 is 0 Å². The molecule has 0 aromatic carbocycles. The molecular weight excluding hydrogens is 185 g/mol. The van der Waals surface area contributed by atoms with Crippen LogP contribution < -0.4 is 0 Å². The van der Waals surface area contributed by atoms with E-state index in [0.717, 1.165) is 12.5 Å². The van der Waals surface area contributed by atoms with Crippen LogP contribution in [0.3, 0.4) is 0 Å². The van der Waals surface area contributed by atoms with E-state index in [2.05, 4.69) is 4.98 Å². The molecule has 72 valence electrons. The molecule has 0 saturated carbocycles. The van der Waals surface area contributed by atoms with Gasteiger partial charge in [-0.25, -0.2) is 4.39 Å². The van der Waals surface area contributed by atoms with E-state index >= 15 is 0 Å². The van der Waals surface area contributed by atoms with Gasteiger partial charge in [0.05, 0.1) is 17.5 Å². The highest BCUT2D eigenvalue weighted by Gasteiger charge is 2.00. The summed E-state index contributed by atoms with van der Waals surface area (Å²) >= 11 is 0. The van der Waals surface area contributed by atoms with Crippen molar-refractivity contribution in [2.75, 3.05) is 0 Å². The van der Waals surface area contributed by atoms with Gasteiger partial charge in [0.25, 0.3) is 0 Å². The van der Waals surface area contributed by atoms with Crippen LogP contribution in [0.4, 0.5) is 4.39 Å². The molecule has 0 aliphatic carbocycles. The third kappa shape index (κ3) is 2.58. The lowest BCUT2D eigenvalue weighted by Gasteiger charge is -1.95. The largest absolute Gasteiger partial charge is 0.303 e. The summed E-state index contributed by atoms with van der Waals surface area (Å²) in [5.41, 5.74) is 0.418. The molecule has 1 aromatic rings. The number of rotatable bonds is 4. The predicted molar refractivity (Wildman–Crippen MR) is 49.3 cm³/mol. The third-order valence-electron chi connectivity index (χ3n) is 1.55. The van der Waals surface area contributed by atoms with Crippen molar-refractivity contribution in [2.24, 2.45) is 0 Å². The average Bonchev–Trinajstić information content (AvgIpc) is 2.21. The van der Waals surface area contributed by atoms with Crippen molar-refractivity contribution in [3.05, 3.63) is 35.4 Å². The summed E-state index contributed by atoms with van der Waals surface area (Å²) in [6.07, 6.45) is 5.55. The van der Waals surface area contributed by atoms with Crippen LogP contribution in [-0.4, -0.2) is 17.6 Å². The second kappa shape index (κ2) is 5.01. The highest BCUT2D eigenvalue weighted by Crippen LogP contribution is 2.06. The van der Waals surface area contributed by atoms with Gasteiger partial charge in [0, 0.05) is 6.42 Å². The average molecular weight is 193 g/mol. The Balaban J connectivity index is 2.89. The van der Waals surface area contributed by atoms with Crippen LogP contribution in [0.2, 0.25) is 0 Å². The first-order valence-electron chi connectivity index (χ1n) is 3.99. The summed E-state index contributed by atoms with van der Waals surface area (Å²) < 4.78 is 12.8. The fourth-order valence-corrected chi connectivity index (χ4v) is 0.897. The molecule has 4 heteroatoms. The second-order valence-electron chi connectivity index (χ2n) is 2.55. The molecule has 0 atom stereocenters. The Morgan fingerprint density at radius 2 is 2.21 bits per heavy atom. The Hall–Kier alpha value is -1.84. The smallest absolute Gasteiger partial charge is 0.153 e. The van der Waals surface area contributed by atoms with Gasteiger partial charge in [0.15, 0.2) is 12.1 Å². The van der Waals surface area contributed by atoms with Gasteiger partial charge in [-0.3, -0.25) is 9.78 Å². The number of hydrogen-bond acceptors (Lipinski definition) is 3. The zero-order valence-corrected chi connectivity index (χ0v) is 7.31. The van der Waals surface area contributed by atoms with Gasteiger partial charge in [-0.05, 0) is 12.1 Å². The maximum absolute atomic E-state index is 12.8. The third-order valence-corrected chi connectivity index (χ3v) is 1.55. The molecular formula is C10H8FNO2. The summed E-state index contributed by atoms with van der Waals surface area (Å²) in [5, 5.41) is 0. The molecule has 0 aliphatic rings. The quantitative estimate of drug-likeness (QED) is 0.683. The van der Waals surface area contributed by atoms with Crippen LogP contribution in [-0.2, 0) is 4.79 Å². The summed E-state index contributed by atoms with van der Waals surface area (Å²) in [4.78, 5) is 24.1. The molecule has 14 heavy (non-hydrogen) atoms. The number of aldehydes is 2. The molecule has 1 rings (SSSR count). The van der Waals surface area contributed by atoms with E-state index in [1.165, 1.54) is 6.07 Å². The monoisotopic (exact) mass is 193 g/mol. The first kappa shape index (κ1) is 10.2. The zero-order valence-electron chi connectivity index (χ0n) is 7.31. The number of halogens is 1. The van der Waals surface area contributed by atoms with E-state index in [4.69, 9.17) is 0 Å². The van der Waals surface area contributed by atoms with E-state index in [1.54, 1.807) is 12.2 Å². The van der Waals surface area contributed by atoms with Crippen LogP contribution in [0.5, 0.6) is 0 Å². The van der Waals surface area contributed by atoms with Crippen molar-refractivity contribution >= 4 is 18.6 Å². The van der Waals surface area contributed by atoms with Crippen molar-refractivity contribution in [3.63, 3.8) is 0 Å². The van der Waals surface area contributed by atoms with Gasteiger partial charge < -0.3 is 4.79 Å². The molecule has 3 nitrogen and oxygen atoms in total. The lowest BCUT2D eigenvalue weighted by molar-refractivity contribution is -0.107. The van der Waals surface area contributed by atoms with Gasteiger partial charge in [-0.2, -0.15) is 0 Å². The Morgan fingerprint density at radius 3 is 2.86 bits per heavy atom. The van der Waals surface area contributed by atoms with E-state index in [9.17, 15) is 14.0 Å². The normalized spacial score (nSPS) is 10.4. The van der Waals surface area contributed by atoms with Crippen LogP contribution in [0.15, 0.2) is 18.3 Å². The molecule has 0 unspecified atom stereocenters. The maximum Gasteiger partial charge on any atom is 0.153 e. The van der Waals surface area contributed by atoms with Crippen molar-refractivity contribution in [1.82, 2.24) is 4.98 Å². The Morgan fingerprint density at radius 1 is 1.43 bits per heavy atom. The highest BCUT2D eigenvalue weighted by atomic mass is 19.1. The fraction of sp³-hybridized carbons (Fsp3) is 0.100. The summed E-state index contributed by atoms with van der Waals surface area (Å²) in [5.74, 6) is -0.646. The minimum Gasteiger partial charge on any atom is -0.303 e. The minimum atomic E-state index is -0.646. The van der Waals surface area contributed by atoms with E-state index in [-0.39, 0.29) is 12.0 Å². The molecule has 1 heterocycles. The number of allylic oxidation sites excluding steroid dienone is 1. The maximum atomic E-state index is 12.8. The van der Waals surface area contributed by atoms with Crippen LogP contribution >= 0.6 is 0 Å². The number of hydrogen-bond donors (Lipinski definition) is 0. The Labute approximate surface area is 80.3 Å². The number of pyridine rings is 1. The molecule has 1 aromatic heterocycles. The molecule has 0 saturated heterocycles. The summed E-state index contributed by atoms with van der Waals surface area (Å²) in [6.45, 7) is 0. The lowest BCUT2D eigenvalue weighted by atomic mass is 10.2. The number of carbonyl (C=O) groups is 2. The van der Waals surface area contributed by atoms with Gasteiger partial charge in [-0.15, -0.1) is 0 Å². The van der Waals surface area contributed by atoms with Gasteiger partial charge in [-0.1, -0.05) is 6.08 Å². The van der Waals surface area contributed by atoms with Crippen molar-refractivity contribution in [2.45, 2.75) is 6.42 Å². The SMILES string of the molecule is O=CCC=Cc1cc(C=O)c(F)cn1. The van der Waals surface area contributed by atoms with Gasteiger partial charge in [0.2, 0.25) is 0 Å². The molecule has 0 bridgehead atoms. The van der Waals surface area contributed by atoms with E-state index in [1.807, 2.05) is 0 Å². The molecule has 0 N–H and O–H groups in total. The predicted octanol–water partition coefficient (Wildman–Crippen LogP) is 1.64. The minimum absolute atomic E-state index is 0.0363. The molecule has 0 radical (unpaired) electrons. The highest BCUT2D eigenvalue weighted by molar-refractivity contribution is 5.76. The topological polar surface area (TPSA) is 47.0 Å². The van der Waals surface area contributed by atoms with E-state index < -0.39 is 5.82 Å². The van der Waals surface area contributed by atoms with Crippen molar-refractivity contribution in [3.8, 4) is 0 Å². The molecule has 0 spiro atoms. The Bertz CT molecular complexity index is 374. The van der Waals surface area contributed by atoms with Crippen molar-refractivity contribution in [1.29, 1.82) is 0 Å². The first-order chi connectivity index (χ1) is 6.77. The van der Waals surface area contributed by atoms with Gasteiger partial charge in [0.1, 0.15) is 6.29 Å². The second-order valence-corrected chi connectivity index (χ2v) is 2.55.